The van der Waals surface area contributed by atoms with Crippen LogP contribution in [0.5, 0.6) is 11.5 Å². The zero-order chi connectivity index (χ0) is 23.6. The zero-order valence-electron chi connectivity index (χ0n) is 18.4. The second-order valence-corrected chi connectivity index (χ2v) is 8.49. The molecule has 6 nitrogen and oxygen atoms in total. The number of aliphatic imine (C=N–C) groups is 1. The van der Waals surface area contributed by atoms with Crippen LogP contribution in [0.3, 0.4) is 0 Å². The second kappa shape index (κ2) is 11.7. The first-order valence-electron chi connectivity index (χ1n) is 10.9. The van der Waals surface area contributed by atoms with Gasteiger partial charge < -0.3 is 9.47 Å². The lowest BCUT2D eigenvalue weighted by Crippen LogP contribution is -2.19. The molecule has 1 aliphatic rings. The smallest absolute Gasteiger partial charge is 0.264 e. The molecule has 0 radical (unpaired) electrons. The number of nitrogens with zero attached hydrogens (tertiary/aromatic N) is 2. The summed E-state index contributed by atoms with van der Waals surface area (Å²) in [5.41, 5.74) is 3.19. The summed E-state index contributed by atoms with van der Waals surface area (Å²) in [6.45, 7) is 1.01. The van der Waals surface area contributed by atoms with Crippen molar-refractivity contribution in [3.05, 3.63) is 100 Å². The molecule has 1 aliphatic heterocycles. The Hall–Kier alpha value is -4.02. The largest absolute Gasteiger partial charge is 0.489 e. The Balaban J connectivity index is 1.49. The number of hydrogen-bond donors (Lipinski definition) is 1. The van der Waals surface area contributed by atoms with Gasteiger partial charge in [0.25, 0.3) is 5.91 Å². The number of nitriles is 1. The molecule has 1 saturated heterocycles. The Morgan fingerprint density at radius 3 is 2.12 bits per heavy atom. The fourth-order valence-corrected chi connectivity index (χ4v) is 4.15. The van der Waals surface area contributed by atoms with E-state index in [2.05, 4.69) is 34.6 Å². The molecule has 4 rings (SSSR count). The highest BCUT2D eigenvalue weighted by molar-refractivity contribution is 8.18. The highest BCUT2D eigenvalue weighted by Gasteiger charge is 2.24. The van der Waals surface area contributed by atoms with Crippen molar-refractivity contribution in [3.63, 3.8) is 0 Å². The molecule has 3 aromatic rings. The Bertz CT molecular complexity index is 1230. The average Bonchev–Trinajstić information content (AvgIpc) is 3.20. The normalized spacial score (nSPS) is 15.2. The van der Waals surface area contributed by atoms with E-state index in [1.54, 1.807) is 12.3 Å². The molecule has 7 heteroatoms. The third kappa shape index (κ3) is 6.50. The maximum absolute atomic E-state index is 12.2. The van der Waals surface area contributed by atoms with Crippen LogP contribution in [0.15, 0.2) is 88.8 Å². The van der Waals surface area contributed by atoms with Crippen molar-refractivity contribution in [1.82, 2.24) is 5.32 Å². The van der Waals surface area contributed by atoms with E-state index in [0.29, 0.717) is 29.6 Å². The second-order valence-electron chi connectivity index (χ2n) is 7.46. The van der Waals surface area contributed by atoms with Gasteiger partial charge in [-0.2, -0.15) is 5.26 Å². The van der Waals surface area contributed by atoms with Gasteiger partial charge in [-0.25, -0.2) is 0 Å². The average molecular weight is 470 g/mol. The standard InChI is InChI=1S/C27H23N3O3S/c28-19-29-27-30-26(31)25(34-27)18-22-11-12-23(32-15-13-20-7-3-1-4-8-20)24(17-22)33-16-14-21-9-5-2-6-10-21/h1-12,17-18H,13-16H2,(H,29,30,31). The van der Waals surface area contributed by atoms with E-state index in [-0.39, 0.29) is 11.1 Å². The van der Waals surface area contributed by atoms with E-state index >= 15 is 0 Å². The maximum atomic E-state index is 12.2. The van der Waals surface area contributed by atoms with Crippen LogP contribution in [0.25, 0.3) is 6.08 Å². The quantitative estimate of drug-likeness (QED) is 0.353. The van der Waals surface area contributed by atoms with Gasteiger partial charge in [-0.05, 0) is 46.7 Å². The molecule has 0 bridgehead atoms. The van der Waals surface area contributed by atoms with Crippen molar-refractivity contribution in [2.45, 2.75) is 12.8 Å². The summed E-state index contributed by atoms with van der Waals surface area (Å²) in [6.07, 6.45) is 4.99. The highest BCUT2D eigenvalue weighted by atomic mass is 32.2. The van der Waals surface area contributed by atoms with Crippen LogP contribution in [-0.2, 0) is 17.6 Å². The predicted molar refractivity (Wildman–Crippen MR) is 134 cm³/mol. The Labute approximate surface area is 202 Å². The van der Waals surface area contributed by atoms with Crippen LogP contribution in [0, 0.1) is 11.5 Å². The molecule has 1 amide bonds. The molecule has 0 unspecified atom stereocenters. The number of amidine groups is 1. The van der Waals surface area contributed by atoms with Crippen molar-refractivity contribution in [2.24, 2.45) is 4.99 Å². The SMILES string of the molecule is N#CN=C1NC(=O)C(=Cc2ccc(OCCc3ccccc3)c(OCCc3ccccc3)c2)S1. The molecular weight excluding hydrogens is 446 g/mol. The summed E-state index contributed by atoms with van der Waals surface area (Å²) in [5.74, 6) is 0.989. The van der Waals surface area contributed by atoms with E-state index < -0.39 is 0 Å². The molecule has 1 heterocycles. The minimum atomic E-state index is -0.284. The van der Waals surface area contributed by atoms with Crippen molar-refractivity contribution >= 4 is 28.9 Å². The third-order valence-corrected chi connectivity index (χ3v) is 5.96. The first-order chi connectivity index (χ1) is 16.7. The number of amides is 1. The zero-order valence-corrected chi connectivity index (χ0v) is 19.3. The van der Waals surface area contributed by atoms with Gasteiger partial charge in [0.15, 0.2) is 16.7 Å². The number of nitrogens with one attached hydrogen (secondary N) is 1. The van der Waals surface area contributed by atoms with Crippen LogP contribution in [0.2, 0.25) is 0 Å². The number of carbonyl (C=O) groups is 1. The number of rotatable bonds is 9. The first kappa shape index (κ1) is 23.1. The van der Waals surface area contributed by atoms with E-state index in [1.807, 2.05) is 54.6 Å². The van der Waals surface area contributed by atoms with Gasteiger partial charge in [0.1, 0.15) is 0 Å². The molecule has 0 aliphatic carbocycles. The first-order valence-corrected chi connectivity index (χ1v) is 11.7. The van der Waals surface area contributed by atoms with Crippen LogP contribution in [0.1, 0.15) is 16.7 Å². The van der Waals surface area contributed by atoms with Gasteiger partial charge >= 0.3 is 0 Å². The minimum Gasteiger partial charge on any atom is -0.489 e. The minimum absolute atomic E-state index is 0.277. The van der Waals surface area contributed by atoms with Crippen molar-refractivity contribution in [1.29, 1.82) is 5.26 Å². The lowest BCUT2D eigenvalue weighted by atomic mass is 10.1. The summed E-state index contributed by atoms with van der Waals surface area (Å²) in [7, 11) is 0. The van der Waals surface area contributed by atoms with Crippen LogP contribution < -0.4 is 14.8 Å². The summed E-state index contributed by atoms with van der Waals surface area (Å²) in [5, 5.41) is 11.6. The van der Waals surface area contributed by atoms with E-state index in [0.717, 1.165) is 30.2 Å². The van der Waals surface area contributed by atoms with Gasteiger partial charge in [-0.15, -0.1) is 4.99 Å². The molecule has 3 aromatic carbocycles. The number of carbonyl (C=O) groups excluding carboxylic acids is 1. The van der Waals surface area contributed by atoms with Gasteiger partial charge in [0.05, 0.1) is 18.1 Å². The van der Waals surface area contributed by atoms with Gasteiger partial charge in [-0.1, -0.05) is 66.7 Å². The molecule has 170 valence electrons. The highest BCUT2D eigenvalue weighted by Crippen LogP contribution is 2.32. The van der Waals surface area contributed by atoms with E-state index in [4.69, 9.17) is 14.7 Å². The number of thioether (sulfide) groups is 1. The maximum Gasteiger partial charge on any atom is 0.264 e. The Morgan fingerprint density at radius 1 is 0.882 bits per heavy atom. The Morgan fingerprint density at radius 2 is 1.50 bits per heavy atom. The molecule has 1 fully saturated rings. The molecule has 0 spiro atoms. The van der Waals surface area contributed by atoms with Crippen molar-refractivity contribution < 1.29 is 14.3 Å². The van der Waals surface area contributed by atoms with Crippen molar-refractivity contribution in [3.8, 4) is 17.7 Å². The number of hydrogen-bond acceptors (Lipinski definition) is 6. The summed E-state index contributed by atoms with van der Waals surface area (Å²) in [4.78, 5) is 16.2. The predicted octanol–water partition coefficient (Wildman–Crippen LogP) is 4.97. The molecule has 1 N–H and O–H groups in total. The van der Waals surface area contributed by atoms with E-state index in [9.17, 15) is 4.79 Å². The molecular formula is C27H23N3O3S. The van der Waals surface area contributed by atoms with Gasteiger partial charge in [-0.3, -0.25) is 10.1 Å². The summed E-state index contributed by atoms with van der Waals surface area (Å²) >= 11 is 1.13. The number of benzene rings is 3. The molecule has 0 atom stereocenters. The van der Waals surface area contributed by atoms with Crippen LogP contribution in [-0.4, -0.2) is 24.3 Å². The van der Waals surface area contributed by atoms with E-state index in [1.165, 1.54) is 11.1 Å². The molecule has 0 aromatic heterocycles. The van der Waals surface area contributed by atoms with Crippen LogP contribution >= 0.6 is 11.8 Å². The fraction of sp³-hybridized carbons (Fsp3) is 0.148. The fourth-order valence-electron chi connectivity index (χ4n) is 3.37. The molecule has 0 saturated carbocycles. The van der Waals surface area contributed by atoms with Crippen LogP contribution in [0.4, 0.5) is 0 Å². The monoisotopic (exact) mass is 469 g/mol. The topological polar surface area (TPSA) is 83.7 Å². The lowest BCUT2D eigenvalue weighted by molar-refractivity contribution is -0.115. The Kier molecular flexibility index (Phi) is 7.99. The molecule has 34 heavy (non-hydrogen) atoms. The van der Waals surface area contributed by atoms with Gasteiger partial charge in [0, 0.05) is 12.8 Å². The third-order valence-electron chi connectivity index (χ3n) is 5.05. The lowest BCUT2D eigenvalue weighted by Gasteiger charge is -2.14. The summed E-state index contributed by atoms with van der Waals surface area (Å²) in [6, 6.07) is 25.9. The van der Waals surface area contributed by atoms with Gasteiger partial charge in [0.2, 0.25) is 6.19 Å². The number of ether oxygens (including phenoxy) is 2. The van der Waals surface area contributed by atoms with Crippen molar-refractivity contribution in [2.75, 3.05) is 13.2 Å². The summed E-state index contributed by atoms with van der Waals surface area (Å²) < 4.78 is 12.2.